The van der Waals surface area contributed by atoms with Crippen LogP contribution in [0, 0.1) is 0 Å². The lowest BCUT2D eigenvalue weighted by molar-refractivity contribution is 0.590. The molecule has 0 bridgehead atoms. The number of para-hydroxylation sites is 4. The molecular formula is C102H72N4O4. The van der Waals surface area contributed by atoms with E-state index in [0.29, 0.717) is 0 Å². The Hall–Kier alpha value is -13.8. The number of furan rings is 4. The van der Waals surface area contributed by atoms with Crippen molar-refractivity contribution in [2.24, 2.45) is 0 Å². The lowest BCUT2D eigenvalue weighted by atomic mass is 9.87. The normalized spacial score (nSPS) is 12.5. The first kappa shape index (κ1) is 63.5. The highest BCUT2D eigenvalue weighted by Crippen LogP contribution is 2.49. The van der Waals surface area contributed by atoms with E-state index in [9.17, 15) is 0 Å². The van der Waals surface area contributed by atoms with Crippen molar-refractivity contribution in [1.82, 2.24) is 9.13 Å². The van der Waals surface area contributed by atoms with Gasteiger partial charge in [0.15, 0.2) is 0 Å². The minimum absolute atomic E-state index is 0.0412. The smallest absolute Gasteiger partial charge is 0.137 e. The molecular weight excluding hydrogens is 1350 g/mol. The lowest BCUT2D eigenvalue weighted by Gasteiger charge is -2.26. The number of aromatic nitrogens is 2. The molecule has 0 fully saturated rings. The van der Waals surface area contributed by atoms with Gasteiger partial charge in [-0.1, -0.05) is 199 Å². The molecule has 524 valence electrons. The summed E-state index contributed by atoms with van der Waals surface area (Å²) in [5.41, 5.74) is 22.3. The predicted octanol–water partition coefficient (Wildman–Crippen LogP) is 29.5. The predicted molar refractivity (Wildman–Crippen MR) is 459 cm³/mol. The van der Waals surface area contributed by atoms with E-state index in [1.165, 1.54) is 32.7 Å². The van der Waals surface area contributed by atoms with Gasteiger partial charge >= 0.3 is 0 Å². The molecule has 8 nitrogen and oxygen atoms in total. The van der Waals surface area contributed by atoms with Crippen molar-refractivity contribution in [3.05, 3.63) is 339 Å². The molecule has 110 heavy (non-hydrogen) atoms. The zero-order valence-corrected chi connectivity index (χ0v) is 61.6. The van der Waals surface area contributed by atoms with E-state index in [2.05, 4.69) is 352 Å². The van der Waals surface area contributed by atoms with Gasteiger partial charge in [0.1, 0.15) is 45.0 Å². The standard InChI is InChI=1S/C102H72N4O4/c1-101(2,3)69-29-35-71(36-30-69)105-87-49-47-84-83(99(87)85-45-41-75(57-89(85)105)103(77-39-43-81-79-17-9-13-21-93(79)109-97(81)59-77)73-33-27-61-51-67(25-23-63(61)53-73)95-55-65-15-7-11-19-91(65)107-95)48-50-88-100(84)86-46-42-76(58-90(86)106(88)72-37-31-70(32-38-72)102(4,5)6)104(78-40-44-82-80-18-10-14-22-94(80)110-98(82)60-78)74-34-28-62-52-68(26-24-64(62)54-74)96-56-66-16-8-12-20-92(66)108-96/h7-60H,1-6H3. The Kier molecular flexibility index (Phi) is 13.8. The van der Waals surface area contributed by atoms with Crippen LogP contribution in [0.25, 0.3) is 176 Å². The van der Waals surface area contributed by atoms with Crippen molar-refractivity contribution in [2.75, 3.05) is 9.80 Å². The Balaban J connectivity index is 0.746. The maximum Gasteiger partial charge on any atom is 0.137 e. The summed E-state index contributed by atoms with van der Waals surface area (Å²) in [6.07, 6.45) is 0. The summed E-state index contributed by atoms with van der Waals surface area (Å²) in [6.45, 7) is 13.7. The van der Waals surface area contributed by atoms with E-state index < -0.39 is 0 Å². The summed E-state index contributed by atoms with van der Waals surface area (Å²) in [6, 6.07) is 120. The van der Waals surface area contributed by atoms with Crippen LogP contribution in [0.4, 0.5) is 34.1 Å². The molecule has 0 N–H and O–H groups in total. The lowest BCUT2D eigenvalue weighted by Crippen LogP contribution is -2.11. The number of rotatable bonds is 10. The highest BCUT2D eigenvalue weighted by molar-refractivity contribution is 6.30. The fourth-order valence-electron chi connectivity index (χ4n) is 17.4. The van der Waals surface area contributed by atoms with E-state index >= 15 is 0 Å². The van der Waals surface area contributed by atoms with Crippen molar-refractivity contribution >= 4 is 176 Å². The quantitative estimate of drug-likeness (QED) is 0.136. The van der Waals surface area contributed by atoms with E-state index in [0.717, 1.165) is 188 Å². The second kappa shape index (κ2) is 23.8. The van der Waals surface area contributed by atoms with Crippen molar-refractivity contribution < 1.29 is 17.7 Å². The van der Waals surface area contributed by atoms with E-state index in [4.69, 9.17) is 17.7 Å². The Morgan fingerprint density at radius 1 is 0.227 bits per heavy atom. The van der Waals surface area contributed by atoms with Gasteiger partial charge in [-0.05, 0) is 212 Å². The number of nitrogens with zero attached hydrogens (tertiary/aromatic N) is 4. The van der Waals surface area contributed by atoms with Crippen molar-refractivity contribution in [2.45, 2.75) is 52.4 Å². The van der Waals surface area contributed by atoms with Crippen molar-refractivity contribution in [3.8, 4) is 34.0 Å². The van der Waals surface area contributed by atoms with E-state index in [1.807, 2.05) is 36.4 Å². The molecule has 0 amide bonds. The van der Waals surface area contributed by atoms with Crippen LogP contribution < -0.4 is 9.80 Å². The summed E-state index contributed by atoms with van der Waals surface area (Å²) in [4.78, 5) is 4.78. The fourth-order valence-corrected chi connectivity index (χ4v) is 17.4. The molecule has 0 saturated carbocycles. The van der Waals surface area contributed by atoms with Gasteiger partial charge in [0, 0.05) is 123 Å². The molecule has 22 rings (SSSR count). The van der Waals surface area contributed by atoms with Crippen molar-refractivity contribution in [3.63, 3.8) is 0 Å². The van der Waals surface area contributed by atoms with Gasteiger partial charge in [-0.25, -0.2) is 0 Å². The first-order chi connectivity index (χ1) is 53.7. The maximum absolute atomic E-state index is 6.68. The molecule has 0 unspecified atom stereocenters. The highest BCUT2D eigenvalue weighted by Gasteiger charge is 2.27. The molecule has 0 radical (unpaired) electrons. The van der Waals surface area contributed by atoms with Crippen molar-refractivity contribution in [1.29, 1.82) is 0 Å². The monoisotopic (exact) mass is 1420 g/mol. The summed E-state index contributed by atoms with van der Waals surface area (Å²) < 4.78 is 31.1. The van der Waals surface area contributed by atoms with Gasteiger partial charge in [0.25, 0.3) is 0 Å². The molecule has 0 aliphatic carbocycles. The van der Waals surface area contributed by atoms with Crippen LogP contribution in [-0.4, -0.2) is 9.13 Å². The Bertz CT molecular complexity index is 7050. The van der Waals surface area contributed by atoms with Crippen LogP contribution in [0.2, 0.25) is 0 Å². The Morgan fingerprint density at radius 2 is 0.564 bits per heavy atom. The van der Waals surface area contributed by atoms with Gasteiger partial charge in [-0.15, -0.1) is 0 Å². The molecule has 8 heteroatoms. The molecule has 0 saturated heterocycles. The Morgan fingerprint density at radius 3 is 0.982 bits per heavy atom. The molecule has 6 heterocycles. The zero-order valence-electron chi connectivity index (χ0n) is 61.6. The third-order valence-corrected chi connectivity index (χ3v) is 22.9. The minimum atomic E-state index is -0.0412. The van der Waals surface area contributed by atoms with Crippen LogP contribution in [0.1, 0.15) is 52.7 Å². The van der Waals surface area contributed by atoms with Gasteiger partial charge in [-0.2, -0.15) is 0 Å². The number of hydrogen-bond acceptors (Lipinski definition) is 6. The number of hydrogen-bond donors (Lipinski definition) is 0. The average Bonchev–Trinajstić information content (AvgIpc) is 1.54. The molecule has 16 aromatic carbocycles. The summed E-state index contributed by atoms with van der Waals surface area (Å²) >= 11 is 0. The molecule has 0 spiro atoms. The van der Waals surface area contributed by atoms with Gasteiger partial charge in [-0.3, -0.25) is 0 Å². The minimum Gasteiger partial charge on any atom is -0.456 e. The first-order valence-corrected chi connectivity index (χ1v) is 37.9. The molecule has 6 aromatic heterocycles. The van der Waals surface area contributed by atoms with E-state index in [-0.39, 0.29) is 10.8 Å². The molecule has 0 aliphatic heterocycles. The molecule has 22 aromatic rings. The Labute approximate surface area is 633 Å². The first-order valence-electron chi connectivity index (χ1n) is 37.9. The highest BCUT2D eigenvalue weighted by atomic mass is 16.3. The van der Waals surface area contributed by atoms with Gasteiger partial charge in [0.05, 0.1) is 22.1 Å². The maximum atomic E-state index is 6.68. The third-order valence-electron chi connectivity index (χ3n) is 22.9. The second-order valence-corrected chi connectivity index (χ2v) is 31.7. The van der Waals surface area contributed by atoms with Crippen LogP contribution in [-0.2, 0) is 10.8 Å². The van der Waals surface area contributed by atoms with Crippen LogP contribution in [0.3, 0.4) is 0 Å². The van der Waals surface area contributed by atoms with Crippen LogP contribution in [0.15, 0.2) is 345 Å². The summed E-state index contributed by atoms with van der Waals surface area (Å²) in [5, 5.41) is 18.0. The molecule has 0 aliphatic rings. The van der Waals surface area contributed by atoms with Crippen LogP contribution >= 0.6 is 0 Å². The number of benzene rings is 16. The van der Waals surface area contributed by atoms with E-state index in [1.54, 1.807) is 0 Å². The zero-order chi connectivity index (χ0) is 73.4. The topological polar surface area (TPSA) is 68.9 Å². The summed E-state index contributed by atoms with van der Waals surface area (Å²) in [7, 11) is 0. The summed E-state index contributed by atoms with van der Waals surface area (Å²) in [5.74, 6) is 1.70. The molecule has 0 atom stereocenters. The van der Waals surface area contributed by atoms with Crippen LogP contribution in [0.5, 0.6) is 0 Å². The number of anilines is 6. The van der Waals surface area contributed by atoms with Gasteiger partial charge < -0.3 is 36.6 Å². The third kappa shape index (κ3) is 10.1. The number of fused-ring (bicyclic) bond motifs is 19. The van der Waals surface area contributed by atoms with Gasteiger partial charge in [0.2, 0.25) is 0 Å². The average molecular weight is 1420 g/mol. The fraction of sp³-hybridized carbons (Fsp3) is 0.0784. The largest absolute Gasteiger partial charge is 0.456 e. The SMILES string of the molecule is CC(C)(C)c1ccc(-n2c3cc(N(c4ccc5cc(-c6cc7ccccc7o6)ccc5c4)c4ccc5c(c4)oc4ccccc45)ccc3c3c4ccc5c(c4ccc32)c2ccc(N(c3ccc4cc(-c6cc7ccccc7o6)ccc4c3)c3ccc4c(c3)oc3ccccc34)cc2n5-c2ccc(C(C)(C)C)cc2)cc1. The second-order valence-electron chi connectivity index (χ2n) is 31.7.